The van der Waals surface area contributed by atoms with E-state index >= 15 is 0 Å². The molecular formula is C18H29NO4. The fraction of sp³-hybridized carbons (Fsp3) is 0.833. The Kier molecular flexibility index (Phi) is 7.54. The minimum Gasteiger partial charge on any atom is -0.466 e. The van der Waals surface area contributed by atoms with E-state index in [1.807, 2.05) is 13.8 Å². The Morgan fingerprint density at radius 3 is 2.17 bits per heavy atom. The van der Waals surface area contributed by atoms with Crippen molar-refractivity contribution < 1.29 is 19.1 Å². The Bertz CT molecular complexity index is 448. The van der Waals surface area contributed by atoms with Gasteiger partial charge in [0.05, 0.1) is 25.2 Å². The van der Waals surface area contributed by atoms with E-state index in [0.717, 1.165) is 25.7 Å². The first kappa shape index (κ1) is 19.5. The second kappa shape index (κ2) is 8.90. The van der Waals surface area contributed by atoms with Gasteiger partial charge in [-0.15, -0.1) is 0 Å². The van der Waals surface area contributed by atoms with Crippen LogP contribution < -0.4 is 0 Å². The molecule has 2 unspecified atom stereocenters. The molecule has 130 valence electrons. The van der Waals surface area contributed by atoms with Crippen LogP contribution in [-0.2, 0) is 19.1 Å². The van der Waals surface area contributed by atoms with Crippen LogP contribution in [0, 0.1) is 34.5 Å². The van der Waals surface area contributed by atoms with Crippen molar-refractivity contribution in [2.75, 3.05) is 13.2 Å². The highest BCUT2D eigenvalue weighted by atomic mass is 16.5. The van der Waals surface area contributed by atoms with Crippen LogP contribution in [0.1, 0.15) is 59.8 Å². The Morgan fingerprint density at radius 2 is 1.74 bits per heavy atom. The second-order valence-electron chi connectivity index (χ2n) is 6.62. The van der Waals surface area contributed by atoms with Gasteiger partial charge in [0, 0.05) is 0 Å². The number of ether oxygens (including phenoxy) is 2. The van der Waals surface area contributed by atoms with E-state index in [4.69, 9.17) is 9.47 Å². The zero-order valence-electron chi connectivity index (χ0n) is 14.8. The van der Waals surface area contributed by atoms with Gasteiger partial charge >= 0.3 is 11.9 Å². The Labute approximate surface area is 139 Å². The smallest absolute Gasteiger partial charge is 0.327 e. The van der Waals surface area contributed by atoms with Crippen molar-refractivity contribution in [1.82, 2.24) is 0 Å². The predicted octanol–water partition coefficient (Wildman–Crippen LogP) is 3.48. The Hall–Kier alpha value is -1.57. The van der Waals surface area contributed by atoms with Gasteiger partial charge in [-0.25, -0.2) is 0 Å². The molecule has 0 aliphatic heterocycles. The number of esters is 2. The van der Waals surface area contributed by atoms with Crippen molar-refractivity contribution in [2.45, 2.75) is 59.8 Å². The summed E-state index contributed by atoms with van der Waals surface area (Å²) >= 11 is 0. The molecule has 0 saturated heterocycles. The maximum atomic E-state index is 12.8. The molecule has 0 bridgehead atoms. The van der Waals surface area contributed by atoms with Gasteiger partial charge in [-0.3, -0.25) is 9.59 Å². The highest BCUT2D eigenvalue weighted by Crippen LogP contribution is 2.48. The van der Waals surface area contributed by atoms with Gasteiger partial charge in [0.1, 0.15) is 0 Å². The van der Waals surface area contributed by atoms with Gasteiger partial charge in [0.25, 0.3) is 0 Å². The topological polar surface area (TPSA) is 76.4 Å². The van der Waals surface area contributed by atoms with Crippen molar-refractivity contribution in [3.63, 3.8) is 0 Å². The average Bonchev–Trinajstić information content (AvgIpc) is 3.02. The lowest BCUT2D eigenvalue weighted by molar-refractivity contribution is -0.170. The number of nitriles is 1. The number of nitrogens with zero attached hydrogens (tertiary/aromatic N) is 1. The van der Waals surface area contributed by atoms with Crippen LogP contribution in [0.2, 0.25) is 0 Å². The van der Waals surface area contributed by atoms with Gasteiger partial charge < -0.3 is 9.47 Å². The van der Waals surface area contributed by atoms with Crippen LogP contribution in [0.4, 0.5) is 0 Å². The first-order chi connectivity index (χ1) is 10.9. The molecule has 23 heavy (non-hydrogen) atoms. The number of carbonyl (C=O) groups is 2. The van der Waals surface area contributed by atoms with Crippen molar-refractivity contribution in [1.29, 1.82) is 5.26 Å². The summed E-state index contributed by atoms with van der Waals surface area (Å²) in [6.45, 7) is 7.85. The molecule has 0 heterocycles. The lowest BCUT2D eigenvalue weighted by Crippen LogP contribution is -2.48. The van der Waals surface area contributed by atoms with E-state index in [9.17, 15) is 14.9 Å². The molecule has 5 heteroatoms. The van der Waals surface area contributed by atoms with E-state index in [-0.39, 0.29) is 25.0 Å². The molecule has 0 radical (unpaired) electrons. The SMILES string of the molecule is CCOC(=O)C(CC(C)C)C(C#N)(C(=O)OCC)C1CCCC1. The minimum atomic E-state index is -1.43. The quantitative estimate of drug-likeness (QED) is 0.639. The van der Waals surface area contributed by atoms with E-state index in [1.54, 1.807) is 13.8 Å². The van der Waals surface area contributed by atoms with Gasteiger partial charge in [-0.2, -0.15) is 5.26 Å². The second-order valence-corrected chi connectivity index (χ2v) is 6.62. The first-order valence-electron chi connectivity index (χ1n) is 8.69. The van der Waals surface area contributed by atoms with Crippen LogP contribution in [0.25, 0.3) is 0 Å². The summed E-state index contributed by atoms with van der Waals surface area (Å²) in [5.74, 6) is -1.75. The van der Waals surface area contributed by atoms with Crippen molar-refractivity contribution in [2.24, 2.45) is 23.2 Å². The summed E-state index contributed by atoms with van der Waals surface area (Å²) in [5.41, 5.74) is -1.43. The van der Waals surface area contributed by atoms with Gasteiger partial charge in [-0.1, -0.05) is 26.7 Å². The Morgan fingerprint density at radius 1 is 1.17 bits per heavy atom. The number of hydrogen-bond donors (Lipinski definition) is 0. The lowest BCUT2D eigenvalue weighted by Gasteiger charge is -2.36. The molecule has 1 aliphatic rings. The fourth-order valence-corrected chi connectivity index (χ4v) is 3.62. The fourth-order valence-electron chi connectivity index (χ4n) is 3.62. The highest BCUT2D eigenvalue weighted by Gasteiger charge is 2.57. The molecule has 1 fully saturated rings. The van der Waals surface area contributed by atoms with Crippen molar-refractivity contribution in [3.8, 4) is 6.07 Å². The molecular weight excluding hydrogens is 294 g/mol. The minimum absolute atomic E-state index is 0.139. The normalized spacial score (nSPS) is 19.0. The number of rotatable bonds is 8. The molecule has 0 aromatic carbocycles. The van der Waals surface area contributed by atoms with Gasteiger partial charge in [0.2, 0.25) is 0 Å². The largest absolute Gasteiger partial charge is 0.466 e. The van der Waals surface area contributed by atoms with E-state index in [2.05, 4.69) is 6.07 Å². The van der Waals surface area contributed by atoms with E-state index in [1.165, 1.54) is 0 Å². The summed E-state index contributed by atoms with van der Waals surface area (Å²) in [4.78, 5) is 25.3. The number of carbonyl (C=O) groups excluding carboxylic acids is 2. The molecule has 0 aromatic rings. The van der Waals surface area contributed by atoms with Crippen molar-refractivity contribution in [3.05, 3.63) is 0 Å². The molecule has 1 rings (SSSR count). The Balaban J connectivity index is 3.32. The maximum absolute atomic E-state index is 12.8. The predicted molar refractivity (Wildman–Crippen MR) is 86.2 cm³/mol. The summed E-state index contributed by atoms with van der Waals surface area (Å²) in [5, 5.41) is 9.98. The highest BCUT2D eigenvalue weighted by molar-refractivity contribution is 5.88. The zero-order valence-corrected chi connectivity index (χ0v) is 14.8. The molecule has 0 aromatic heterocycles. The molecule has 1 aliphatic carbocycles. The van der Waals surface area contributed by atoms with Crippen LogP contribution in [0.15, 0.2) is 0 Å². The van der Waals surface area contributed by atoms with Gasteiger partial charge in [-0.05, 0) is 44.9 Å². The van der Waals surface area contributed by atoms with Crippen LogP contribution >= 0.6 is 0 Å². The van der Waals surface area contributed by atoms with Crippen LogP contribution in [0.5, 0.6) is 0 Å². The first-order valence-corrected chi connectivity index (χ1v) is 8.69. The summed E-state index contributed by atoms with van der Waals surface area (Å²) in [6.07, 6.45) is 3.96. The van der Waals surface area contributed by atoms with E-state index < -0.39 is 23.3 Å². The average molecular weight is 323 g/mol. The molecule has 1 saturated carbocycles. The zero-order chi connectivity index (χ0) is 17.5. The van der Waals surface area contributed by atoms with Crippen molar-refractivity contribution >= 4 is 11.9 Å². The van der Waals surface area contributed by atoms with E-state index in [0.29, 0.717) is 6.42 Å². The molecule has 0 amide bonds. The molecule has 0 N–H and O–H groups in total. The molecule has 0 spiro atoms. The van der Waals surface area contributed by atoms with Gasteiger partial charge in [0.15, 0.2) is 5.41 Å². The third kappa shape index (κ3) is 4.25. The maximum Gasteiger partial charge on any atom is 0.327 e. The standard InChI is InChI=1S/C18H29NO4/c1-5-22-16(20)15(11-13(3)4)18(12-19,17(21)23-6-2)14-9-7-8-10-14/h13-15H,5-11H2,1-4H3. The lowest BCUT2D eigenvalue weighted by atomic mass is 9.64. The molecule has 2 atom stereocenters. The van der Waals surface area contributed by atoms with Crippen LogP contribution in [0.3, 0.4) is 0 Å². The van der Waals surface area contributed by atoms with Crippen LogP contribution in [-0.4, -0.2) is 25.2 Å². The number of hydrogen-bond acceptors (Lipinski definition) is 5. The summed E-state index contributed by atoms with van der Waals surface area (Å²) in [6, 6.07) is 2.21. The molecule has 5 nitrogen and oxygen atoms in total. The third-order valence-corrected chi connectivity index (χ3v) is 4.63. The third-order valence-electron chi connectivity index (χ3n) is 4.63. The summed E-state index contributed by atoms with van der Waals surface area (Å²) in [7, 11) is 0. The summed E-state index contributed by atoms with van der Waals surface area (Å²) < 4.78 is 10.4. The monoisotopic (exact) mass is 323 g/mol.